The molecule has 1 aliphatic heterocycles. The molecule has 2 aliphatic rings. The van der Waals surface area contributed by atoms with Crippen LogP contribution < -0.4 is 11.0 Å². The van der Waals surface area contributed by atoms with Gasteiger partial charge in [-0.25, -0.2) is 4.79 Å². The summed E-state index contributed by atoms with van der Waals surface area (Å²) in [5.74, 6) is 0.515. The zero-order chi connectivity index (χ0) is 11.1. The monoisotopic (exact) mass is 221 g/mol. The van der Waals surface area contributed by atoms with Crippen molar-refractivity contribution in [3.05, 3.63) is 21.9 Å². The molecule has 5 nitrogen and oxygen atoms in total. The van der Waals surface area contributed by atoms with Crippen molar-refractivity contribution in [2.75, 3.05) is 13.1 Å². The first-order valence-electron chi connectivity index (χ1n) is 5.83. The fraction of sp³-hybridized carbons (Fsp3) is 0.636. The molecule has 5 heteroatoms. The lowest BCUT2D eigenvalue weighted by Gasteiger charge is -2.06. The Bertz CT molecular complexity index is 464. The molecule has 16 heavy (non-hydrogen) atoms. The van der Waals surface area contributed by atoms with Gasteiger partial charge in [-0.1, -0.05) is 0 Å². The normalized spacial score (nSPS) is 24.9. The van der Waals surface area contributed by atoms with Gasteiger partial charge in [0.15, 0.2) is 5.78 Å². The van der Waals surface area contributed by atoms with Crippen LogP contribution in [-0.2, 0) is 0 Å². The van der Waals surface area contributed by atoms with Gasteiger partial charge in [-0.3, -0.25) is 4.79 Å². The van der Waals surface area contributed by atoms with E-state index in [1.54, 1.807) is 0 Å². The molecule has 3 N–H and O–H groups in total. The van der Waals surface area contributed by atoms with Gasteiger partial charge in [0.2, 0.25) is 0 Å². The summed E-state index contributed by atoms with van der Waals surface area (Å²) in [4.78, 5) is 28.9. The Morgan fingerprint density at radius 3 is 2.62 bits per heavy atom. The molecule has 1 unspecified atom stereocenters. The minimum absolute atomic E-state index is 0.0314. The predicted octanol–water partition coefficient (Wildman–Crippen LogP) is 0.373. The van der Waals surface area contributed by atoms with Gasteiger partial charge >= 0.3 is 5.69 Å². The second-order valence-corrected chi connectivity index (χ2v) is 4.70. The fourth-order valence-electron chi connectivity index (χ4n) is 2.35. The zero-order valence-corrected chi connectivity index (χ0v) is 9.01. The summed E-state index contributed by atoms with van der Waals surface area (Å²) in [6.07, 6.45) is 3.03. The van der Waals surface area contributed by atoms with Gasteiger partial charge in [0, 0.05) is 24.1 Å². The molecular formula is C11H15N3O2. The molecule has 1 atom stereocenters. The first-order chi connectivity index (χ1) is 7.75. The number of hydrogen-bond donors (Lipinski definition) is 3. The summed E-state index contributed by atoms with van der Waals surface area (Å²) >= 11 is 0. The van der Waals surface area contributed by atoms with Crippen LogP contribution in [-0.4, -0.2) is 28.8 Å². The quantitative estimate of drug-likeness (QED) is 0.645. The minimum atomic E-state index is -0.254. The first kappa shape index (κ1) is 9.84. The Morgan fingerprint density at radius 1 is 1.19 bits per heavy atom. The third-order valence-electron chi connectivity index (χ3n) is 3.42. The van der Waals surface area contributed by atoms with Gasteiger partial charge in [-0.15, -0.1) is 0 Å². The summed E-state index contributed by atoms with van der Waals surface area (Å²) < 4.78 is 0. The number of H-pyrrole nitrogens is 2. The van der Waals surface area contributed by atoms with E-state index in [0.29, 0.717) is 11.6 Å². The van der Waals surface area contributed by atoms with Crippen LogP contribution in [0.3, 0.4) is 0 Å². The fourth-order valence-corrected chi connectivity index (χ4v) is 2.35. The average Bonchev–Trinajstić information content (AvgIpc) is 2.83. The highest BCUT2D eigenvalue weighted by Gasteiger charge is 2.33. The van der Waals surface area contributed by atoms with Gasteiger partial charge in [0.05, 0.1) is 0 Å². The van der Waals surface area contributed by atoms with E-state index in [2.05, 4.69) is 15.3 Å². The smallest absolute Gasteiger partial charge is 0.316 e. The van der Waals surface area contributed by atoms with Crippen LogP contribution in [0.1, 0.15) is 41.4 Å². The topological polar surface area (TPSA) is 77.8 Å². The van der Waals surface area contributed by atoms with Crippen LogP contribution in [0.5, 0.6) is 0 Å². The van der Waals surface area contributed by atoms with Gasteiger partial charge in [-0.2, -0.15) is 0 Å². The number of nitrogens with one attached hydrogen (secondary N) is 3. The lowest BCUT2D eigenvalue weighted by atomic mass is 9.99. The molecule has 0 radical (unpaired) electrons. The minimum Gasteiger partial charge on any atom is -0.316 e. The molecule has 2 heterocycles. The largest absolute Gasteiger partial charge is 0.323 e. The molecule has 1 aromatic rings. The highest BCUT2D eigenvalue weighted by atomic mass is 16.1. The van der Waals surface area contributed by atoms with Crippen molar-refractivity contribution in [2.45, 2.75) is 25.2 Å². The summed E-state index contributed by atoms with van der Waals surface area (Å²) in [5.41, 5.74) is 1.11. The number of imidazole rings is 1. The molecule has 2 fully saturated rings. The number of Topliss-reactive ketones (excluding diaryl/α,β-unsaturated/α-hetero) is 1. The SMILES string of the molecule is O=C(c1[nH]c(=O)[nH]c1C1CC1)C1CCNC1. The Labute approximate surface area is 92.6 Å². The number of ketones is 1. The highest BCUT2D eigenvalue weighted by Crippen LogP contribution is 2.40. The van der Waals surface area contributed by atoms with Crippen molar-refractivity contribution in [1.82, 2.24) is 15.3 Å². The number of carbonyl (C=O) groups is 1. The summed E-state index contributed by atoms with van der Waals surface area (Å²) in [7, 11) is 0. The molecule has 0 spiro atoms. The van der Waals surface area contributed by atoms with Crippen molar-refractivity contribution < 1.29 is 4.79 Å². The van der Waals surface area contributed by atoms with Crippen LogP contribution in [0.2, 0.25) is 0 Å². The van der Waals surface area contributed by atoms with Gasteiger partial charge < -0.3 is 15.3 Å². The first-order valence-corrected chi connectivity index (χ1v) is 5.83. The lowest BCUT2D eigenvalue weighted by Crippen LogP contribution is -2.19. The second-order valence-electron chi connectivity index (χ2n) is 4.70. The van der Waals surface area contributed by atoms with Crippen molar-refractivity contribution in [3.8, 4) is 0 Å². The van der Waals surface area contributed by atoms with Crippen LogP contribution in [0.15, 0.2) is 4.79 Å². The Morgan fingerprint density at radius 2 is 2.00 bits per heavy atom. The highest BCUT2D eigenvalue weighted by molar-refractivity contribution is 5.97. The number of hydrogen-bond acceptors (Lipinski definition) is 3. The maximum atomic E-state index is 12.2. The third kappa shape index (κ3) is 1.61. The zero-order valence-electron chi connectivity index (χ0n) is 9.01. The van der Waals surface area contributed by atoms with E-state index in [1.807, 2.05) is 0 Å². The molecule has 1 aromatic heterocycles. The van der Waals surface area contributed by atoms with E-state index < -0.39 is 0 Å². The maximum absolute atomic E-state index is 12.2. The molecule has 0 bridgehead atoms. The van der Waals surface area contributed by atoms with E-state index in [9.17, 15) is 9.59 Å². The van der Waals surface area contributed by atoms with E-state index >= 15 is 0 Å². The van der Waals surface area contributed by atoms with Crippen molar-refractivity contribution >= 4 is 5.78 Å². The van der Waals surface area contributed by atoms with Gasteiger partial charge in [0.25, 0.3) is 0 Å². The molecule has 1 saturated carbocycles. The molecule has 86 valence electrons. The Kier molecular flexibility index (Phi) is 2.21. The van der Waals surface area contributed by atoms with Crippen LogP contribution in [0.25, 0.3) is 0 Å². The third-order valence-corrected chi connectivity index (χ3v) is 3.42. The average molecular weight is 221 g/mol. The van der Waals surface area contributed by atoms with E-state index in [4.69, 9.17) is 0 Å². The van der Waals surface area contributed by atoms with E-state index in [-0.39, 0.29) is 17.4 Å². The van der Waals surface area contributed by atoms with Crippen LogP contribution in [0, 0.1) is 5.92 Å². The summed E-state index contributed by atoms with van der Waals surface area (Å²) in [5, 5.41) is 3.17. The lowest BCUT2D eigenvalue weighted by molar-refractivity contribution is 0.0924. The van der Waals surface area contributed by atoms with Gasteiger partial charge in [-0.05, 0) is 25.8 Å². The van der Waals surface area contributed by atoms with E-state index in [0.717, 1.165) is 38.0 Å². The van der Waals surface area contributed by atoms with Gasteiger partial charge in [0.1, 0.15) is 5.69 Å². The molecule has 3 rings (SSSR count). The predicted molar refractivity (Wildman–Crippen MR) is 58.7 cm³/mol. The summed E-state index contributed by atoms with van der Waals surface area (Å²) in [6.45, 7) is 1.62. The molecule has 1 saturated heterocycles. The van der Waals surface area contributed by atoms with E-state index in [1.165, 1.54) is 0 Å². The van der Waals surface area contributed by atoms with Crippen LogP contribution >= 0.6 is 0 Å². The Balaban J connectivity index is 1.92. The molecule has 0 amide bonds. The molecule has 0 aromatic carbocycles. The number of aromatic nitrogens is 2. The molecule has 1 aliphatic carbocycles. The van der Waals surface area contributed by atoms with Crippen molar-refractivity contribution in [1.29, 1.82) is 0 Å². The van der Waals surface area contributed by atoms with Crippen molar-refractivity contribution in [2.24, 2.45) is 5.92 Å². The number of carbonyl (C=O) groups excluding carboxylic acids is 1. The number of aromatic amines is 2. The maximum Gasteiger partial charge on any atom is 0.323 e. The standard InChI is InChI=1S/C11H15N3O2/c15-10(7-3-4-12-5-7)9-8(6-1-2-6)13-11(16)14-9/h6-7,12H,1-5H2,(H2,13,14,16). The second kappa shape index (κ2) is 3.59. The Hall–Kier alpha value is -1.36. The summed E-state index contributed by atoms with van der Waals surface area (Å²) in [6, 6.07) is 0. The molecular weight excluding hydrogens is 206 g/mol. The number of rotatable bonds is 3. The van der Waals surface area contributed by atoms with Crippen LogP contribution in [0.4, 0.5) is 0 Å². The van der Waals surface area contributed by atoms with Crippen molar-refractivity contribution in [3.63, 3.8) is 0 Å².